The highest BCUT2D eigenvalue weighted by Crippen LogP contribution is 2.37. The van der Waals surface area contributed by atoms with E-state index in [1.54, 1.807) is 6.92 Å². The molecule has 1 aliphatic rings. The van der Waals surface area contributed by atoms with Gasteiger partial charge in [-0.2, -0.15) is 0 Å². The molecule has 0 bridgehead atoms. The van der Waals surface area contributed by atoms with Crippen LogP contribution >= 0.6 is 0 Å². The molecule has 1 N–H and O–H groups in total. The molecule has 86 valence electrons. The highest BCUT2D eigenvalue weighted by Gasteiger charge is 2.33. The zero-order valence-electron chi connectivity index (χ0n) is 9.24. The number of nitrogens with zero attached hydrogens (tertiary/aromatic N) is 1. The van der Waals surface area contributed by atoms with E-state index in [0.717, 1.165) is 25.7 Å². The van der Waals surface area contributed by atoms with Gasteiger partial charge in [-0.15, -0.1) is 5.16 Å². The van der Waals surface area contributed by atoms with Crippen LogP contribution in [0.5, 0.6) is 0 Å². The zero-order valence-corrected chi connectivity index (χ0v) is 9.24. The number of esters is 1. The van der Waals surface area contributed by atoms with Crippen molar-refractivity contribution >= 4 is 12.2 Å². The molecule has 0 aromatic carbocycles. The molecule has 0 atom stereocenters. The van der Waals surface area contributed by atoms with Crippen LogP contribution in [0.1, 0.15) is 45.4 Å². The second-order valence-corrected chi connectivity index (χ2v) is 4.15. The predicted octanol–water partition coefficient (Wildman–Crippen LogP) is 2.35. The normalized spacial score (nSPS) is 20.3. The molecule has 0 unspecified atom stereocenters. The topological polar surface area (TPSA) is 58.9 Å². The maximum Gasteiger partial charge on any atom is 0.306 e. The molecule has 1 rings (SSSR count). The Morgan fingerprint density at radius 3 is 2.67 bits per heavy atom. The average Bonchev–Trinajstić information content (AvgIpc) is 2.19. The summed E-state index contributed by atoms with van der Waals surface area (Å²) in [4.78, 5) is 11.4. The van der Waals surface area contributed by atoms with E-state index >= 15 is 0 Å². The number of rotatable bonds is 4. The van der Waals surface area contributed by atoms with Gasteiger partial charge >= 0.3 is 5.97 Å². The van der Waals surface area contributed by atoms with Gasteiger partial charge in [0.25, 0.3) is 0 Å². The molecule has 1 aliphatic carbocycles. The van der Waals surface area contributed by atoms with Crippen molar-refractivity contribution in [1.29, 1.82) is 0 Å². The Hall–Kier alpha value is -1.06. The van der Waals surface area contributed by atoms with Crippen LogP contribution in [0, 0.1) is 5.41 Å². The first-order valence-electron chi connectivity index (χ1n) is 5.57. The van der Waals surface area contributed by atoms with Crippen molar-refractivity contribution < 1.29 is 14.7 Å². The Morgan fingerprint density at radius 1 is 1.47 bits per heavy atom. The Balaban J connectivity index is 2.59. The van der Waals surface area contributed by atoms with Gasteiger partial charge in [0, 0.05) is 5.41 Å². The van der Waals surface area contributed by atoms with Gasteiger partial charge in [0.1, 0.15) is 0 Å². The van der Waals surface area contributed by atoms with Gasteiger partial charge in [0.2, 0.25) is 0 Å². The fourth-order valence-corrected chi connectivity index (χ4v) is 2.23. The molecule has 0 spiro atoms. The second-order valence-electron chi connectivity index (χ2n) is 4.15. The summed E-state index contributed by atoms with van der Waals surface area (Å²) in [5.74, 6) is -0.195. The van der Waals surface area contributed by atoms with E-state index in [4.69, 9.17) is 9.94 Å². The number of hydrogen-bond donors (Lipinski definition) is 1. The van der Waals surface area contributed by atoms with E-state index in [1.807, 2.05) is 0 Å². The fourth-order valence-electron chi connectivity index (χ4n) is 2.23. The molecule has 4 heteroatoms. The van der Waals surface area contributed by atoms with Crippen molar-refractivity contribution in [2.45, 2.75) is 45.4 Å². The number of ether oxygens (including phenoxy) is 1. The quantitative estimate of drug-likeness (QED) is 0.337. The Bertz CT molecular complexity index is 232. The summed E-state index contributed by atoms with van der Waals surface area (Å²) in [6.07, 6.45) is 7.06. The van der Waals surface area contributed by atoms with Gasteiger partial charge in [-0.05, 0) is 19.8 Å². The predicted molar refractivity (Wildman–Crippen MR) is 57.0 cm³/mol. The summed E-state index contributed by atoms with van der Waals surface area (Å²) in [6, 6.07) is 0. The molecule has 0 aromatic heterocycles. The fraction of sp³-hybridized carbons (Fsp3) is 0.818. The molecular weight excluding hydrogens is 194 g/mol. The third kappa shape index (κ3) is 3.53. The molecule has 1 saturated carbocycles. The van der Waals surface area contributed by atoms with Crippen LogP contribution in [0.25, 0.3) is 0 Å². The van der Waals surface area contributed by atoms with E-state index in [-0.39, 0.29) is 11.4 Å². The third-order valence-corrected chi connectivity index (χ3v) is 2.98. The number of carbonyl (C=O) groups excluding carboxylic acids is 1. The van der Waals surface area contributed by atoms with Gasteiger partial charge in [0.05, 0.1) is 19.2 Å². The van der Waals surface area contributed by atoms with E-state index in [0.29, 0.717) is 13.0 Å². The molecule has 4 nitrogen and oxygen atoms in total. The Labute approximate surface area is 90.3 Å². The summed E-state index contributed by atoms with van der Waals surface area (Å²) in [5.41, 5.74) is -0.265. The average molecular weight is 213 g/mol. The zero-order chi connectivity index (χ0) is 11.1. The summed E-state index contributed by atoms with van der Waals surface area (Å²) >= 11 is 0. The smallest absolute Gasteiger partial charge is 0.306 e. The van der Waals surface area contributed by atoms with Crippen molar-refractivity contribution in [3.05, 3.63) is 0 Å². The maximum atomic E-state index is 11.4. The van der Waals surface area contributed by atoms with Gasteiger partial charge < -0.3 is 9.94 Å². The molecule has 0 heterocycles. The molecule has 0 aliphatic heterocycles. The van der Waals surface area contributed by atoms with E-state index in [1.165, 1.54) is 12.6 Å². The standard InChI is InChI=1S/C11H19NO3/c1-2-15-10(13)8-11(9-12-14)6-4-3-5-7-11/h9,14H,2-8H2,1H3/b12-9+. The number of hydrogen-bond acceptors (Lipinski definition) is 4. The van der Waals surface area contributed by atoms with Crippen LogP contribution in [0.2, 0.25) is 0 Å². The highest BCUT2D eigenvalue weighted by atomic mass is 16.5. The van der Waals surface area contributed by atoms with Crippen molar-refractivity contribution in [2.75, 3.05) is 6.61 Å². The van der Waals surface area contributed by atoms with Crippen LogP contribution in [0.3, 0.4) is 0 Å². The van der Waals surface area contributed by atoms with Crippen molar-refractivity contribution in [3.63, 3.8) is 0 Å². The molecule has 1 fully saturated rings. The lowest BCUT2D eigenvalue weighted by molar-refractivity contribution is -0.145. The van der Waals surface area contributed by atoms with E-state index in [2.05, 4.69) is 5.16 Å². The Kier molecular flexibility index (Phi) is 4.59. The molecule has 15 heavy (non-hydrogen) atoms. The molecule has 0 radical (unpaired) electrons. The molecule has 0 saturated heterocycles. The first-order chi connectivity index (χ1) is 7.22. The van der Waals surface area contributed by atoms with Crippen molar-refractivity contribution in [2.24, 2.45) is 10.6 Å². The summed E-state index contributed by atoms with van der Waals surface area (Å²) in [5, 5.41) is 11.8. The second kappa shape index (κ2) is 5.73. The minimum atomic E-state index is -0.265. The van der Waals surface area contributed by atoms with Crippen LogP contribution in [0.15, 0.2) is 5.16 Å². The molecule has 0 aromatic rings. The van der Waals surface area contributed by atoms with E-state index < -0.39 is 0 Å². The lowest BCUT2D eigenvalue weighted by Gasteiger charge is -2.32. The third-order valence-electron chi connectivity index (χ3n) is 2.98. The van der Waals surface area contributed by atoms with Gasteiger partial charge in [-0.25, -0.2) is 0 Å². The SMILES string of the molecule is CCOC(=O)CC1(/C=N/O)CCCCC1. The summed E-state index contributed by atoms with van der Waals surface area (Å²) in [7, 11) is 0. The lowest BCUT2D eigenvalue weighted by atomic mass is 9.73. The van der Waals surface area contributed by atoms with Crippen LogP contribution in [-0.4, -0.2) is 24.0 Å². The van der Waals surface area contributed by atoms with Crippen molar-refractivity contribution in [1.82, 2.24) is 0 Å². The van der Waals surface area contributed by atoms with Crippen LogP contribution < -0.4 is 0 Å². The van der Waals surface area contributed by atoms with E-state index in [9.17, 15) is 4.79 Å². The van der Waals surface area contributed by atoms with Gasteiger partial charge in [-0.1, -0.05) is 19.3 Å². The van der Waals surface area contributed by atoms with Gasteiger partial charge in [0.15, 0.2) is 0 Å². The number of carbonyl (C=O) groups is 1. The van der Waals surface area contributed by atoms with Crippen molar-refractivity contribution in [3.8, 4) is 0 Å². The summed E-state index contributed by atoms with van der Waals surface area (Å²) < 4.78 is 4.93. The molecular formula is C11H19NO3. The van der Waals surface area contributed by atoms with Crippen LogP contribution in [-0.2, 0) is 9.53 Å². The Morgan fingerprint density at radius 2 is 2.13 bits per heavy atom. The monoisotopic (exact) mass is 213 g/mol. The highest BCUT2D eigenvalue weighted by molar-refractivity contribution is 5.77. The molecule has 0 amide bonds. The minimum Gasteiger partial charge on any atom is -0.466 e. The van der Waals surface area contributed by atoms with Gasteiger partial charge in [-0.3, -0.25) is 4.79 Å². The largest absolute Gasteiger partial charge is 0.466 e. The first-order valence-corrected chi connectivity index (χ1v) is 5.57. The first kappa shape index (κ1) is 12.0. The van der Waals surface area contributed by atoms with Crippen LogP contribution in [0.4, 0.5) is 0 Å². The summed E-state index contributed by atoms with van der Waals surface area (Å²) in [6.45, 7) is 2.21. The lowest BCUT2D eigenvalue weighted by Crippen LogP contribution is -2.29. The minimum absolute atomic E-state index is 0.195. The number of oxime groups is 1. The maximum absolute atomic E-state index is 11.4.